The van der Waals surface area contributed by atoms with Gasteiger partial charge in [0, 0.05) is 0 Å². The molecule has 0 amide bonds. The minimum absolute atomic E-state index is 0.204. The van der Waals surface area contributed by atoms with Crippen LogP contribution in [0.3, 0.4) is 0 Å². The average Bonchev–Trinajstić information content (AvgIpc) is 1.77. The minimum atomic E-state index is -0.204. The van der Waals surface area contributed by atoms with Crippen LogP contribution < -0.4 is 0 Å². The van der Waals surface area contributed by atoms with Crippen LogP contribution in [0.1, 0.15) is 48.5 Å². The first-order valence-electron chi connectivity index (χ1n) is 4.42. The van der Waals surface area contributed by atoms with Gasteiger partial charge in [0.25, 0.3) is 0 Å². The molecule has 0 aliphatic carbocycles. The van der Waals surface area contributed by atoms with Crippen molar-refractivity contribution in [1.82, 2.24) is 0 Å². The summed E-state index contributed by atoms with van der Waals surface area (Å²) in [6.45, 7) is 15.7. The zero-order chi connectivity index (χ0) is 9.99. The van der Waals surface area contributed by atoms with Crippen molar-refractivity contribution in [1.29, 1.82) is 0 Å². The lowest BCUT2D eigenvalue weighted by molar-refractivity contribution is 0.716. The Labute approximate surface area is 78.9 Å². The first-order chi connectivity index (χ1) is 5.19. The van der Waals surface area contributed by atoms with Crippen molar-refractivity contribution in [2.75, 3.05) is 0 Å². The van der Waals surface area contributed by atoms with E-state index in [0.717, 1.165) is 0 Å². The molecule has 0 N–H and O–H groups in total. The van der Waals surface area contributed by atoms with Crippen molar-refractivity contribution in [3.05, 3.63) is 0 Å². The second kappa shape index (κ2) is 3.80. The van der Waals surface area contributed by atoms with E-state index in [4.69, 9.17) is 0 Å². The van der Waals surface area contributed by atoms with Crippen molar-refractivity contribution in [3.8, 4) is 11.6 Å². The van der Waals surface area contributed by atoms with Gasteiger partial charge >= 0.3 is 0 Å². The van der Waals surface area contributed by atoms with E-state index in [1.165, 1.54) is 0 Å². The number of rotatable bonds is 0. The van der Waals surface area contributed by atoms with Gasteiger partial charge in [0.1, 0.15) is 0 Å². The Hall–Kier alpha value is -0.0100. The minimum Gasteiger partial charge on any atom is -0.102 e. The molecule has 0 bridgehead atoms. The Morgan fingerprint density at radius 2 is 1.17 bits per heavy atom. The summed E-state index contributed by atoms with van der Waals surface area (Å²) >= 11 is 0. The summed E-state index contributed by atoms with van der Waals surface area (Å²) in [4.78, 5) is 0. The molecule has 0 rings (SSSR count). The SMILES string of the molecule is CC#CP(C(C)(C)C)C(C)(C)C. The maximum atomic E-state index is 3.38. The molecule has 0 saturated carbocycles. The predicted molar refractivity (Wildman–Crippen MR) is 59.9 cm³/mol. The van der Waals surface area contributed by atoms with Gasteiger partial charge in [-0.25, -0.2) is 0 Å². The molecule has 0 nitrogen and oxygen atoms in total. The van der Waals surface area contributed by atoms with Crippen LogP contribution >= 0.6 is 7.92 Å². The van der Waals surface area contributed by atoms with Crippen LogP contribution in [0.2, 0.25) is 0 Å². The van der Waals surface area contributed by atoms with Crippen LogP contribution in [0.5, 0.6) is 0 Å². The zero-order valence-electron chi connectivity index (χ0n) is 9.45. The Morgan fingerprint density at radius 3 is 1.25 bits per heavy atom. The van der Waals surface area contributed by atoms with E-state index in [0.29, 0.717) is 10.3 Å². The maximum absolute atomic E-state index is 3.38. The zero-order valence-corrected chi connectivity index (χ0v) is 10.3. The summed E-state index contributed by atoms with van der Waals surface area (Å²) in [5.41, 5.74) is 3.38. The van der Waals surface area contributed by atoms with E-state index in [1.54, 1.807) is 0 Å². The second-order valence-electron chi connectivity index (χ2n) is 5.04. The summed E-state index contributed by atoms with van der Waals surface area (Å²) in [6, 6.07) is 0. The summed E-state index contributed by atoms with van der Waals surface area (Å²) < 4.78 is 0. The normalized spacial score (nSPS) is 12.7. The molecule has 0 heterocycles. The molecule has 0 aliphatic rings. The standard InChI is InChI=1S/C11H21P/c1-8-9-12(10(2,3)4)11(5,6)7/h1-7H3. The third-order valence-electron chi connectivity index (χ3n) is 1.57. The second-order valence-corrected chi connectivity index (χ2v) is 8.62. The molecular weight excluding hydrogens is 163 g/mol. The lowest BCUT2D eigenvalue weighted by atomic mass is 10.2. The lowest BCUT2D eigenvalue weighted by Crippen LogP contribution is -2.23. The summed E-state index contributed by atoms with van der Waals surface area (Å²) in [6.07, 6.45) is 0. The smallest absolute Gasteiger partial charge is 0.00236 e. The summed E-state index contributed by atoms with van der Waals surface area (Å²) in [5, 5.41) is 0.688. The molecule has 0 atom stereocenters. The van der Waals surface area contributed by atoms with Crippen molar-refractivity contribution in [2.24, 2.45) is 0 Å². The molecule has 0 aliphatic heterocycles. The molecular formula is C11H21P. The van der Waals surface area contributed by atoms with Crippen molar-refractivity contribution < 1.29 is 0 Å². The van der Waals surface area contributed by atoms with Crippen LogP contribution in [-0.4, -0.2) is 10.3 Å². The fourth-order valence-corrected chi connectivity index (χ4v) is 4.36. The molecule has 0 aromatic heterocycles. The highest BCUT2D eigenvalue weighted by atomic mass is 31.1. The molecule has 70 valence electrons. The summed E-state index contributed by atoms with van der Waals surface area (Å²) in [5.74, 6) is 3.06. The van der Waals surface area contributed by atoms with Crippen LogP contribution in [0, 0.1) is 11.6 Å². The van der Waals surface area contributed by atoms with Gasteiger partial charge in [0.05, 0.1) is 0 Å². The van der Waals surface area contributed by atoms with Gasteiger partial charge in [0.15, 0.2) is 0 Å². The first kappa shape index (κ1) is 12.0. The van der Waals surface area contributed by atoms with Crippen LogP contribution in [0.15, 0.2) is 0 Å². The predicted octanol–water partition coefficient (Wildman–Crippen LogP) is 4.05. The van der Waals surface area contributed by atoms with Gasteiger partial charge in [-0.2, -0.15) is 0 Å². The molecule has 0 radical (unpaired) electrons. The van der Waals surface area contributed by atoms with Crippen LogP contribution in [0.25, 0.3) is 0 Å². The van der Waals surface area contributed by atoms with Gasteiger partial charge in [-0.15, -0.1) is 5.92 Å². The fourth-order valence-electron chi connectivity index (χ4n) is 1.45. The van der Waals surface area contributed by atoms with Gasteiger partial charge < -0.3 is 0 Å². The quantitative estimate of drug-likeness (QED) is 0.393. The molecule has 0 spiro atoms. The highest BCUT2D eigenvalue weighted by molar-refractivity contribution is 7.65. The van der Waals surface area contributed by atoms with Crippen LogP contribution in [-0.2, 0) is 0 Å². The molecule has 0 aromatic rings. The maximum Gasteiger partial charge on any atom is -0.00236 e. The Kier molecular flexibility index (Phi) is 3.80. The first-order valence-corrected chi connectivity index (χ1v) is 5.76. The Balaban J connectivity index is 4.78. The van der Waals surface area contributed by atoms with Crippen molar-refractivity contribution in [2.45, 2.75) is 58.8 Å². The highest BCUT2D eigenvalue weighted by Crippen LogP contribution is 2.58. The van der Waals surface area contributed by atoms with E-state index in [-0.39, 0.29) is 7.92 Å². The highest BCUT2D eigenvalue weighted by Gasteiger charge is 2.32. The molecule has 0 saturated heterocycles. The Bertz CT molecular complexity index is 178. The van der Waals surface area contributed by atoms with E-state index in [1.807, 2.05) is 6.92 Å². The molecule has 1 heteroatoms. The van der Waals surface area contributed by atoms with Gasteiger partial charge in [-0.1, -0.05) is 47.2 Å². The van der Waals surface area contributed by atoms with E-state index in [9.17, 15) is 0 Å². The molecule has 0 unspecified atom stereocenters. The van der Waals surface area contributed by atoms with E-state index in [2.05, 4.69) is 53.1 Å². The van der Waals surface area contributed by atoms with Gasteiger partial charge in [-0.3, -0.25) is 0 Å². The lowest BCUT2D eigenvalue weighted by Gasteiger charge is -2.37. The summed E-state index contributed by atoms with van der Waals surface area (Å²) in [7, 11) is -0.204. The molecule has 0 aromatic carbocycles. The number of hydrogen-bond donors (Lipinski definition) is 0. The van der Waals surface area contributed by atoms with Crippen LogP contribution in [0.4, 0.5) is 0 Å². The van der Waals surface area contributed by atoms with Crippen molar-refractivity contribution in [3.63, 3.8) is 0 Å². The van der Waals surface area contributed by atoms with E-state index >= 15 is 0 Å². The van der Waals surface area contributed by atoms with E-state index < -0.39 is 0 Å². The fraction of sp³-hybridized carbons (Fsp3) is 0.818. The Morgan fingerprint density at radius 1 is 0.833 bits per heavy atom. The third kappa shape index (κ3) is 3.59. The molecule has 12 heavy (non-hydrogen) atoms. The topological polar surface area (TPSA) is 0 Å². The molecule has 0 fully saturated rings. The number of hydrogen-bond acceptors (Lipinski definition) is 0. The third-order valence-corrected chi connectivity index (χ3v) is 4.70. The van der Waals surface area contributed by atoms with Crippen molar-refractivity contribution >= 4 is 7.92 Å². The van der Waals surface area contributed by atoms with Gasteiger partial charge in [-0.05, 0) is 25.2 Å². The average molecular weight is 184 g/mol. The largest absolute Gasteiger partial charge is 0.102 e. The monoisotopic (exact) mass is 184 g/mol. The van der Waals surface area contributed by atoms with Gasteiger partial charge in [0.2, 0.25) is 0 Å².